The summed E-state index contributed by atoms with van der Waals surface area (Å²) >= 11 is 1.95. The second kappa shape index (κ2) is 8.03. The quantitative estimate of drug-likeness (QED) is 0.419. The molecule has 2 aromatic rings. The van der Waals surface area contributed by atoms with Crippen LogP contribution in [0.2, 0.25) is 0 Å². The van der Waals surface area contributed by atoms with Crippen LogP contribution >= 0.6 is 11.8 Å². The van der Waals surface area contributed by atoms with Crippen molar-refractivity contribution in [1.29, 1.82) is 0 Å². The first-order valence-electron chi connectivity index (χ1n) is 8.25. The number of hydrogen-bond donors (Lipinski definition) is 0. The van der Waals surface area contributed by atoms with Crippen molar-refractivity contribution in [2.75, 3.05) is 5.75 Å². The zero-order chi connectivity index (χ0) is 15.9. The lowest BCUT2D eigenvalue weighted by Gasteiger charge is -2.05. The van der Waals surface area contributed by atoms with Crippen molar-refractivity contribution in [1.82, 2.24) is 0 Å². The molecule has 0 saturated carbocycles. The van der Waals surface area contributed by atoms with Crippen LogP contribution in [0.4, 0.5) is 0 Å². The number of thioether (sulfide) groups is 1. The fourth-order valence-electron chi connectivity index (χ4n) is 2.53. The van der Waals surface area contributed by atoms with Crippen molar-refractivity contribution < 1.29 is 0 Å². The smallest absolute Gasteiger partial charge is 0.00723 e. The molecule has 0 spiro atoms. The second-order valence-corrected chi connectivity index (χ2v) is 6.88. The Labute approximate surface area is 143 Å². The van der Waals surface area contributed by atoms with Crippen LogP contribution in [-0.2, 0) is 0 Å². The molecule has 0 aliphatic heterocycles. The minimum atomic E-state index is 1.21. The molecule has 0 bridgehead atoms. The summed E-state index contributed by atoms with van der Waals surface area (Å²) in [6.07, 6.45) is 13.1. The van der Waals surface area contributed by atoms with E-state index in [9.17, 15) is 0 Å². The Morgan fingerprint density at radius 3 is 2.04 bits per heavy atom. The number of benzene rings is 2. The highest BCUT2D eigenvalue weighted by Crippen LogP contribution is 2.25. The first-order chi connectivity index (χ1) is 11.3. The fraction of sp³-hybridized carbons (Fsp3) is 0.182. The molecule has 1 aliphatic carbocycles. The highest BCUT2D eigenvalue weighted by atomic mass is 32.2. The Hall–Kier alpha value is -1.99. The van der Waals surface area contributed by atoms with Gasteiger partial charge < -0.3 is 0 Å². The lowest BCUT2D eigenvalue weighted by Crippen LogP contribution is -1.81. The molecule has 116 valence electrons. The van der Waals surface area contributed by atoms with Gasteiger partial charge in [0.1, 0.15) is 0 Å². The molecule has 0 N–H and O–H groups in total. The van der Waals surface area contributed by atoms with Gasteiger partial charge in [0, 0.05) is 4.90 Å². The van der Waals surface area contributed by atoms with Crippen LogP contribution in [0.5, 0.6) is 0 Å². The van der Waals surface area contributed by atoms with Gasteiger partial charge in [0.2, 0.25) is 0 Å². The standard InChI is InChI=1S/C22H22S/c1-2-3-16-23-22-14-12-21(13-15-22)20-10-8-19(9-11-20)17-18-6-4-5-7-18/h4-15,17H,2-3,16H2,1H3. The molecule has 0 saturated heterocycles. The number of unbranched alkanes of at least 4 members (excludes halogenated alkanes) is 1. The van der Waals surface area contributed by atoms with Crippen LogP contribution in [-0.4, -0.2) is 5.75 Å². The number of allylic oxidation sites excluding steroid dienone is 5. The van der Waals surface area contributed by atoms with Crippen molar-refractivity contribution in [2.24, 2.45) is 0 Å². The van der Waals surface area contributed by atoms with E-state index in [1.165, 1.54) is 45.8 Å². The van der Waals surface area contributed by atoms with Gasteiger partial charge in [-0.25, -0.2) is 0 Å². The van der Waals surface area contributed by atoms with Gasteiger partial charge in [-0.05, 0) is 52.6 Å². The summed E-state index contributed by atoms with van der Waals surface area (Å²) in [6, 6.07) is 17.7. The largest absolute Gasteiger partial charge is 0.126 e. The summed E-state index contributed by atoms with van der Waals surface area (Å²) in [5.74, 6) is 1.21. The number of hydrogen-bond acceptors (Lipinski definition) is 1. The van der Waals surface area contributed by atoms with E-state index in [-0.39, 0.29) is 0 Å². The Morgan fingerprint density at radius 2 is 1.43 bits per heavy atom. The Balaban J connectivity index is 1.68. The van der Waals surface area contributed by atoms with Crippen LogP contribution in [0.1, 0.15) is 25.3 Å². The van der Waals surface area contributed by atoms with E-state index in [1.807, 2.05) is 11.8 Å². The molecule has 0 radical (unpaired) electrons. The highest BCUT2D eigenvalue weighted by Gasteiger charge is 2.00. The third-order valence-electron chi connectivity index (χ3n) is 3.89. The lowest BCUT2D eigenvalue weighted by atomic mass is 10.0. The van der Waals surface area contributed by atoms with E-state index in [1.54, 1.807) is 0 Å². The summed E-state index contributed by atoms with van der Waals surface area (Å²) in [5, 5.41) is 0. The topological polar surface area (TPSA) is 0 Å². The molecule has 0 fully saturated rings. The predicted molar refractivity (Wildman–Crippen MR) is 104 cm³/mol. The van der Waals surface area contributed by atoms with Crippen molar-refractivity contribution in [3.63, 3.8) is 0 Å². The average molecular weight is 318 g/mol. The molecule has 0 unspecified atom stereocenters. The maximum atomic E-state index is 2.24. The molecule has 0 heterocycles. The van der Waals surface area contributed by atoms with Crippen LogP contribution < -0.4 is 0 Å². The summed E-state index contributed by atoms with van der Waals surface area (Å²) < 4.78 is 0. The van der Waals surface area contributed by atoms with Crippen LogP contribution in [0.25, 0.3) is 17.2 Å². The first-order valence-corrected chi connectivity index (χ1v) is 9.23. The average Bonchev–Trinajstić information content (AvgIpc) is 3.10. The third kappa shape index (κ3) is 4.49. The normalized spacial score (nSPS) is 12.8. The van der Waals surface area contributed by atoms with E-state index in [4.69, 9.17) is 0 Å². The molecule has 23 heavy (non-hydrogen) atoms. The monoisotopic (exact) mass is 318 g/mol. The van der Waals surface area contributed by atoms with Gasteiger partial charge >= 0.3 is 0 Å². The van der Waals surface area contributed by atoms with Crippen molar-refractivity contribution in [2.45, 2.75) is 24.7 Å². The first kappa shape index (κ1) is 15.9. The van der Waals surface area contributed by atoms with Crippen molar-refractivity contribution in [3.05, 3.63) is 84.0 Å². The van der Waals surface area contributed by atoms with Crippen molar-refractivity contribution >= 4 is 17.8 Å². The Kier molecular flexibility index (Phi) is 5.55. The van der Waals surface area contributed by atoms with Crippen LogP contribution in [0.3, 0.4) is 0 Å². The van der Waals surface area contributed by atoms with E-state index < -0.39 is 0 Å². The van der Waals surface area contributed by atoms with Gasteiger partial charge in [-0.15, -0.1) is 11.8 Å². The van der Waals surface area contributed by atoms with Crippen molar-refractivity contribution in [3.8, 4) is 11.1 Å². The number of rotatable bonds is 6. The maximum absolute atomic E-state index is 2.24. The van der Waals surface area contributed by atoms with Crippen LogP contribution in [0.15, 0.2) is 83.3 Å². The zero-order valence-electron chi connectivity index (χ0n) is 13.5. The molecule has 0 aromatic heterocycles. The molecular weight excluding hydrogens is 296 g/mol. The minimum absolute atomic E-state index is 1.21. The van der Waals surface area contributed by atoms with Gasteiger partial charge in [-0.3, -0.25) is 0 Å². The van der Waals surface area contributed by atoms with E-state index >= 15 is 0 Å². The van der Waals surface area contributed by atoms with Gasteiger partial charge in [0.15, 0.2) is 0 Å². The van der Waals surface area contributed by atoms with Gasteiger partial charge in [-0.2, -0.15) is 0 Å². The van der Waals surface area contributed by atoms with E-state index in [0.717, 1.165) is 0 Å². The zero-order valence-corrected chi connectivity index (χ0v) is 14.4. The van der Waals surface area contributed by atoms with E-state index in [2.05, 4.69) is 85.8 Å². The summed E-state index contributed by atoms with van der Waals surface area (Å²) in [5.41, 5.74) is 5.05. The van der Waals surface area contributed by atoms with Crippen LogP contribution in [0, 0.1) is 0 Å². The van der Waals surface area contributed by atoms with Gasteiger partial charge in [-0.1, -0.05) is 74.0 Å². The van der Waals surface area contributed by atoms with E-state index in [0.29, 0.717) is 0 Å². The molecule has 0 amide bonds. The van der Waals surface area contributed by atoms with Gasteiger partial charge in [0.25, 0.3) is 0 Å². The molecule has 0 atom stereocenters. The molecule has 1 heteroatoms. The Bertz CT molecular complexity index is 702. The second-order valence-electron chi connectivity index (χ2n) is 5.71. The molecule has 2 aromatic carbocycles. The molecular formula is C22H22S. The maximum Gasteiger partial charge on any atom is 0.00723 e. The minimum Gasteiger partial charge on any atom is -0.126 e. The molecule has 0 nitrogen and oxygen atoms in total. The SMILES string of the molecule is CCCCSc1ccc(-c2ccc(C=C3C=CC=C3)cc2)cc1. The fourth-order valence-corrected chi connectivity index (χ4v) is 3.52. The predicted octanol–water partition coefficient (Wildman–Crippen LogP) is 6.76. The third-order valence-corrected chi connectivity index (χ3v) is 4.99. The molecule has 3 rings (SSSR count). The highest BCUT2D eigenvalue weighted by molar-refractivity contribution is 7.99. The van der Waals surface area contributed by atoms with Gasteiger partial charge in [0.05, 0.1) is 0 Å². The summed E-state index contributed by atoms with van der Waals surface area (Å²) in [6.45, 7) is 2.24. The molecule has 1 aliphatic rings. The Morgan fingerprint density at radius 1 is 0.826 bits per heavy atom. The summed E-state index contributed by atoms with van der Waals surface area (Å²) in [7, 11) is 0. The summed E-state index contributed by atoms with van der Waals surface area (Å²) in [4.78, 5) is 1.36. The lowest BCUT2D eigenvalue weighted by molar-refractivity contribution is 0.896.